The highest BCUT2D eigenvalue weighted by atomic mass is 31.2. The smallest absolute Gasteiger partial charge is 0.462 e. The topological polar surface area (TPSA) is 237 Å². The number of unbranched alkanes of at least 4 members (excludes halogenated alkanes) is 44. The van der Waals surface area contributed by atoms with Crippen molar-refractivity contribution >= 4 is 39.5 Å². The van der Waals surface area contributed by atoms with Crippen LogP contribution in [0.1, 0.15) is 428 Å². The summed E-state index contributed by atoms with van der Waals surface area (Å²) in [6.45, 7) is 14.3. The van der Waals surface area contributed by atoms with Crippen LogP contribution in [-0.2, 0) is 65.4 Å². The van der Waals surface area contributed by atoms with Gasteiger partial charge in [-0.25, -0.2) is 9.13 Å². The fourth-order valence-corrected chi connectivity index (χ4v) is 14.3. The predicted octanol–water partition coefficient (Wildman–Crippen LogP) is 24.8. The third kappa shape index (κ3) is 73.6. The van der Waals surface area contributed by atoms with Gasteiger partial charge in [-0.1, -0.05) is 376 Å². The van der Waals surface area contributed by atoms with Gasteiger partial charge in [-0.3, -0.25) is 37.3 Å². The Balaban J connectivity index is 5.23. The first kappa shape index (κ1) is 100. The summed E-state index contributed by atoms with van der Waals surface area (Å²) < 4.78 is 68.8. The molecule has 0 aromatic rings. The number of rotatable bonds is 80. The first-order valence-electron chi connectivity index (χ1n) is 42.8. The van der Waals surface area contributed by atoms with E-state index >= 15 is 0 Å². The molecule has 3 N–H and O–H groups in total. The van der Waals surface area contributed by atoms with Crippen molar-refractivity contribution in [2.45, 2.75) is 446 Å². The molecule has 0 aliphatic carbocycles. The Labute approximate surface area is 626 Å². The maximum absolute atomic E-state index is 13.1. The number of aliphatic hydroxyl groups is 1. The zero-order valence-corrected chi connectivity index (χ0v) is 69.0. The van der Waals surface area contributed by atoms with Crippen molar-refractivity contribution < 1.29 is 80.2 Å². The van der Waals surface area contributed by atoms with Gasteiger partial charge < -0.3 is 33.8 Å². The summed E-state index contributed by atoms with van der Waals surface area (Å²) >= 11 is 0. The largest absolute Gasteiger partial charge is 0.472 e. The van der Waals surface area contributed by atoms with E-state index in [0.29, 0.717) is 25.7 Å². The molecule has 0 aliphatic rings. The lowest BCUT2D eigenvalue weighted by Crippen LogP contribution is -2.30. The average molecular weight is 1490 g/mol. The average Bonchev–Trinajstić information content (AvgIpc) is 1.12. The Kier molecular flexibility index (Phi) is 70.6. The molecule has 0 aromatic carbocycles. The molecule has 4 unspecified atom stereocenters. The predicted molar refractivity (Wildman–Crippen MR) is 418 cm³/mol. The van der Waals surface area contributed by atoms with Gasteiger partial charge >= 0.3 is 39.5 Å². The fraction of sp³-hybridized carbons (Fsp3) is 0.952. The molecule has 0 aromatic heterocycles. The van der Waals surface area contributed by atoms with Gasteiger partial charge in [-0.15, -0.1) is 0 Å². The molecular weight excluding hydrogens is 1330 g/mol. The Morgan fingerprint density at radius 3 is 0.696 bits per heavy atom. The molecule has 0 bridgehead atoms. The third-order valence-electron chi connectivity index (χ3n) is 20.0. The van der Waals surface area contributed by atoms with Crippen molar-refractivity contribution in [1.82, 2.24) is 0 Å². The van der Waals surface area contributed by atoms with Crippen LogP contribution < -0.4 is 0 Å². The standard InChI is InChI=1S/C83H162O17P2/c1-9-75(7)61-53-45-37-31-25-18-15-16-19-26-32-38-47-55-63-80(85)93-69-78(99-82(87)66-58-50-40-34-28-22-21-24-30-36-44-52-60-74(5)6)71-97-101(89,90)95-67-77(84)68-96-102(91,92)98-72-79(70-94-81(86)64-56-48-42-41-46-54-62-76(8)10-2)100-83(88)65-57-49-39-33-27-20-14-12-11-13-17-23-29-35-43-51-59-73(3)4/h73-79,84H,9-72H2,1-8H3,(H,89,90)(H,91,92)/t75?,76?,77-,78-,79-/m1/s1. The molecule has 0 rings (SSSR count). The van der Waals surface area contributed by atoms with E-state index in [-0.39, 0.29) is 25.7 Å². The van der Waals surface area contributed by atoms with Gasteiger partial charge in [0.15, 0.2) is 12.2 Å². The number of ether oxygens (including phenoxy) is 4. The molecular formula is C83H162O17P2. The van der Waals surface area contributed by atoms with Gasteiger partial charge in [0.1, 0.15) is 19.3 Å². The summed E-state index contributed by atoms with van der Waals surface area (Å²) in [6.07, 6.45) is 59.6. The number of phosphoric acid groups is 2. The van der Waals surface area contributed by atoms with Crippen LogP contribution in [-0.4, -0.2) is 96.7 Å². The number of aliphatic hydroxyl groups excluding tert-OH is 1. The Morgan fingerprint density at radius 2 is 0.471 bits per heavy atom. The molecule has 0 heterocycles. The molecule has 102 heavy (non-hydrogen) atoms. The highest BCUT2D eigenvalue weighted by Crippen LogP contribution is 2.45. The van der Waals surface area contributed by atoms with Gasteiger partial charge in [0, 0.05) is 25.7 Å². The molecule has 606 valence electrons. The van der Waals surface area contributed by atoms with E-state index in [1.165, 1.54) is 225 Å². The van der Waals surface area contributed by atoms with Gasteiger partial charge in [0.05, 0.1) is 26.4 Å². The molecule has 17 nitrogen and oxygen atoms in total. The number of esters is 4. The fourth-order valence-electron chi connectivity index (χ4n) is 12.7. The van der Waals surface area contributed by atoms with Crippen molar-refractivity contribution in [3.63, 3.8) is 0 Å². The van der Waals surface area contributed by atoms with Crippen LogP contribution in [0.25, 0.3) is 0 Å². The summed E-state index contributed by atoms with van der Waals surface area (Å²) in [7, 11) is -9.93. The first-order chi connectivity index (χ1) is 49.2. The van der Waals surface area contributed by atoms with Crippen molar-refractivity contribution in [3.05, 3.63) is 0 Å². The first-order valence-corrected chi connectivity index (χ1v) is 45.8. The summed E-state index contributed by atoms with van der Waals surface area (Å²) in [5, 5.41) is 10.7. The second-order valence-corrected chi connectivity index (χ2v) is 34.2. The molecule has 0 fully saturated rings. The minimum absolute atomic E-state index is 0.107. The van der Waals surface area contributed by atoms with Crippen LogP contribution in [0, 0.1) is 23.7 Å². The number of carbonyl (C=O) groups is 4. The highest BCUT2D eigenvalue weighted by Gasteiger charge is 2.30. The number of carbonyl (C=O) groups excluding carboxylic acids is 4. The van der Waals surface area contributed by atoms with Crippen molar-refractivity contribution in [2.75, 3.05) is 39.6 Å². The van der Waals surface area contributed by atoms with Gasteiger partial charge in [-0.05, 0) is 49.4 Å². The minimum Gasteiger partial charge on any atom is -0.462 e. The third-order valence-corrected chi connectivity index (χ3v) is 21.9. The molecule has 7 atom stereocenters. The van der Waals surface area contributed by atoms with Crippen LogP contribution >= 0.6 is 15.6 Å². The van der Waals surface area contributed by atoms with E-state index in [2.05, 4.69) is 55.4 Å². The van der Waals surface area contributed by atoms with Crippen molar-refractivity contribution in [3.8, 4) is 0 Å². The zero-order chi connectivity index (χ0) is 75.3. The second kappa shape index (κ2) is 72.0. The molecule has 0 radical (unpaired) electrons. The molecule has 0 amide bonds. The lowest BCUT2D eigenvalue weighted by atomic mass is 9.99. The summed E-state index contributed by atoms with van der Waals surface area (Å²) in [5.74, 6) is 1.05. The van der Waals surface area contributed by atoms with E-state index in [1.54, 1.807) is 0 Å². The second-order valence-electron chi connectivity index (χ2n) is 31.3. The lowest BCUT2D eigenvalue weighted by Gasteiger charge is -2.21. The molecule has 0 saturated carbocycles. The van der Waals surface area contributed by atoms with Crippen LogP contribution in [0.2, 0.25) is 0 Å². The number of hydrogen-bond donors (Lipinski definition) is 3. The summed E-state index contributed by atoms with van der Waals surface area (Å²) in [4.78, 5) is 73.1. The monoisotopic (exact) mass is 1490 g/mol. The maximum atomic E-state index is 13.1. The molecule has 0 spiro atoms. The van der Waals surface area contributed by atoms with E-state index in [1.807, 2.05) is 0 Å². The minimum atomic E-state index is -4.96. The van der Waals surface area contributed by atoms with E-state index in [4.69, 9.17) is 37.0 Å². The molecule has 19 heteroatoms. The van der Waals surface area contributed by atoms with Crippen LogP contribution in [0.4, 0.5) is 0 Å². The van der Waals surface area contributed by atoms with Gasteiger partial charge in [0.2, 0.25) is 0 Å². The van der Waals surface area contributed by atoms with E-state index < -0.39 is 97.5 Å². The van der Waals surface area contributed by atoms with Crippen LogP contribution in [0.5, 0.6) is 0 Å². The summed E-state index contributed by atoms with van der Waals surface area (Å²) in [6, 6.07) is 0. The SMILES string of the molecule is CCC(C)CCCCCCCCCCCCCCCCC(=O)OC[C@H](COP(=O)(O)OC[C@@H](O)COP(=O)(O)OC[C@@H](COC(=O)CCCCCCCCC(C)CC)OC(=O)CCCCCCCCCCCCCCCCCCC(C)C)OC(=O)CCCCCCCCCCCCCCC(C)C. The number of phosphoric ester groups is 2. The van der Waals surface area contributed by atoms with Gasteiger partial charge in [0.25, 0.3) is 0 Å². The quantitative estimate of drug-likeness (QED) is 0.0222. The Hall–Kier alpha value is -1.94. The molecule has 0 aliphatic heterocycles. The Bertz CT molecular complexity index is 1990. The Morgan fingerprint density at radius 1 is 0.275 bits per heavy atom. The van der Waals surface area contributed by atoms with Crippen LogP contribution in [0.15, 0.2) is 0 Å². The van der Waals surface area contributed by atoms with Crippen LogP contribution in [0.3, 0.4) is 0 Å². The summed E-state index contributed by atoms with van der Waals surface area (Å²) in [5.41, 5.74) is 0. The van der Waals surface area contributed by atoms with E-state index in [0.717, 1.165) is 120 Å². The molecule has 0 saturated heterocycles. The normalized spacial score (nSPS) is 14.5. The zero-order valence-electron chi connectivity index (χ0n) is 67.2. The maximum Gasteiger partial charge on any atom is 0.472 e. The van der Waals surface area contributed by atoms with Gasteiger partial charge in [-0.2, -0.15) is 0 Å². The van der Waals surface area contributed by atoms with E-state index in [9.17, 15) is 43.2 Å². The van der Waals surface area contributed by atoms with Crippen molar-refractivity contribution in [2.24, 2.45) is 23.7 Å². The highest BCUT2D eigenvalue weighted by molar-refractivity contribution is 7.47. The number of hydrogen-bond acceptors (Lipinski definition) is 15. The lowest BCUT2D eigenvalue weighted by molar-refractivity contribution is -0.161. The van der Waals surface area contributed by atoms with Crippen molar-refractivity contribution in [1.29, 1.82) is 0 Å².